The standard InChI is InChI=1S/C25H33FN2O3/c1-4-24(29)28(18-21-11-13-22(26)14-12-21)23(17-20-9-6-5-7-10-20)25(30)27-15-8-16-31-19(2)3/h5-7,9-14,19,23H,4,8,15-18H2,1-3H3,(H,27,30)/t23-/m1/s1. The molecule has 0 heterocycles. The number of ether oxygens (including phenoxy) is 1. The normalized spacial score (nSPS) is 11.9. The molecule has 0 aliphatic heterocycles. The van der Waals surface area contributed by atoms with Crippen molar-refractivity contribution < 1.29 is 18.7 Å². The van der Waals surface area contributed by atoms with Crippen molar-refractivity contribution in [2.24, 2.45) is 0 Å². The first kappa shape index (κ1) is 24.5. The van der Waals surface area contributed by atoms with Crippen LogP contribution in [-0.2, 0) is 27.3 Å². The molecule has 0 aliphatic rings. The van der Waals surface area contributed by atoms with Crippen molar-refractivity contribution in [3.8, 4) is 0 Å². The molecule has 0 unspecified atom stereocenters. The second-order valence-electron chi connectivity index (χ2n) is 7.77. The summed E-state index contributed by atoms with van der Waals surface area (Å²) in [6.07, 6.45) is 1.53. The Labute approximate surface area is 184 Å². The Morgan fingerprint density at radius 3 is 2.32 bits per heavy atom. The van der Waals surface area contributed by atoms with Crippen LogP contribution in [0.2, 0.25) is 0 Å². The Hall–Kier alpha value is -2.73. The highest BCUT2D eigenvalue weighted by molar-refractivity contribution is 5.87. The molecule has 1 N–H and O–H groups in total. The molecule has 0 fully saturated rings. The van der Waals surface area contributed by atoms with Gasteiger partial charge in [-0.1, -0.05) is 49.4 Å². The molecule has 0 saturated carbocycles. The van der Waals surface area contributed by atoms with E-state index >= 15 is 0 Å². The van der Waals surface area contributed by atoms with Crippen molar-refractivity contribution in [1.82, 2.24) is 10.2 Å². The van der Waals surface area contributed by atoms with Gasteiger partial charge in [-0.15, -0.1) is 0 Å². The summed E-state index contributed by atoms with van der Waals surface area (Å²) in [6.45, 7) is 7.00. The molecule has 0 spiro atoms. The van der Waals surface area contributed by atoms with Gasteiger partial charge in [-0.3, -0.25) is 9.59 Å². The van der Waals surface area contributed by atoms with Crippen LogP contribution < -0.4 is 5.32 Å². The molecule has 0 aliphatic carbocycles. The van der Waals surface area contributed by atoms with Gasteiger partial charge in [-0.25, -0.2) is 4.39 Å². The zero-order valence-electron chi connectivity index (χ0n) is 18.6. The maximum atomic E-state index is 13.3. The van der Waals surface area contributed by atoms with Crippen molar-refractivity contribution in [2.75, 3.05) is 13.2 Å². The smallest absolute Gasteiger partial charge is 0.243 e. The predicted octanol–water partition coefficient (Wildman–Crippen LogP) is 4.11. The van der Waals surface area contributed by atoms with E-state index < -0.39 is 6.04 Å². The van der Waals surface area contributed by atoms with Crippen molar-refractivity contribution in [1.29, 1.82) is 0 Å². The Bertz CT molecular complexity index is 809. The van der Waals surface area contributed by atoms with Crippen LogP contribution in [0.15, 0.2) is 54.6 Å². The number of hydrogen-bond acceptors (Lipinski definition) is 3. The topological polar surface area (TPSA) is 58.6 Å². The summed E-state index contributed by atoms with van der Waals surface area (Å²) in [5.41, 5.74) is 1.75. The van der Waals surface area contributed by atoms with E-state index in [4.69, 9.17) is 4.74 Å². The summed E-state index contributed by atoms with van der Waals surface area (Å²) in [5, 5.41) is 2.96. The van der Waals surface area contributed by atoms with Crippen LogP contribution in [0.3, 0.4) is 0 Å². The number of amides is 2. The Balaban J connectivity index is 2.18. The number of benzene rings is 2. The lowest BCUT2D eigenvalue weighted by Gasteiger charge is -2.31. The lowest BCUT2D eigenvalue weighted by atomic mass is 10.0. The third-order valence-electron chi connectivity index (χ3n) is 4.91. The van der Waals surface area contributed by atoms with Crippen LogP contribution in [-0.4, -0.2) is 42.0 Å². The van der Waals surface area contributed by atoms with Gasteiger partial charge >= 0.3 is 0 Å². The van der Waals surface area contributed by atoms with Gasteiger partial charge in [0, 0.05) is 32.5 Å². The quantitative estimate of drug-likeness (QED) is 0.518. The minimum atomic E-state index is -0.661. The van der Waals surface area contributed by atoms with Gasteiger partial charge in [0.25, 0.3) is 0 Å². The molecule has 6 heteroatoms. The zero-order valence-corrected chi connectivity index (χ0v) is 18.6. The minimum absolute atomic E-state index is 0.122. The summed E-state index contributed by atoms with van der Waals surface area (Å²) in [6, 6.07) is 15.0. The molecule has 2 aromatic carbocycles. The van der Waals surface area contributed by atoms with Crippen molar-refractivity contribution in [3.05, 3.63) is 71.5 Å². The van der Waals surface area contributed by atoms with Gasteiger partial charge in [0.2, 0.25) is 11.8 Å². The van der Waals surface area contributed by atoms with E-state index in [1.807, 2.05) is 44.2 Å². The van der Waals surface area contributed by atoms with E-state index in [-0.39, 0.29) is 36.7 Å². The first-order valence-electron chi connectivity index (χ1n) is 10.9. The molecule has 31 heavy (non-hydrogen) atoms. The zero-order chi connectivity index (χ0) is 22.6. The third kappa shape index (κ3) is 8.50. The van der Waals surface area contributed by atoms with E-state index in [2.05, 4.69) is 5.32 Å². The van der Waals surface area contributed by atoms with Gasteiger partial charge in [-0.05, 0) is 43.5 Å². The van der Waals surface area contributed by atoms with Crippen LogP contribution in [0.1, 0.15) is 44.7 Å². The van der Waals surface area contributed by atoms with Gasteiger partial charge in [0.05, 0.1) is 6.10 Å². The lowest BCUT2D eigenvalue weighted by Crippen LogP contribution is -2.50. The second kappa shape index (κ2) is 12.8. The Kier molecular flexibility index (Phi) is 10.2. The highest BCUT2D eigenvalue weighted by atomic mass is 19.1. The van der Waals surface area contributed by atoms with E-state index in [0.29, 0.717) is 26.0 Å². The fourth-order valence-corrected chi connectivity index (χ4v) is 3.26. The molecule has 5 nitrogen and oxygen atoms in total. The maximum absolute atomic E-state index is 13.3. The average molecular weight is 429 g/mol. The predicted molar refractivity (Wildman–Crippen MR) is 120 cm³/mol. The molecule has 2 rings (SSSR count). The average Bonchev–Trinajstić information content (AvgIpc) is 2.77. The summed E-state index contributed by atoms with van der Waals surface area (Å²) >= 11 is 0. The molecular weight excluding hydrogens is 395 g/mol. The number of nitrogens with one attached hydrogen (secondary N) is 1. The molecule has 0 radical (unpaired) electrons. The fraction of sp³-hybridized carbons (Fsp3) is 0.440. The minimum Gasteiger partial charge on any atom is -0.379 e. The lowest BCUT2D eigenvalue weighted by molar-refractivity contribution is -0.141. The first-order chi connectivity index (χ1) is 14.9. The molecular formula is C25H33FN2O3. The molecule has 2 amide bonds. The summed E-state index contributed by atoms with van der Waals surface area (Å²) in [5.74, 6) is -0.653. The maximum Gasteiger partial charge on any atom is 0.243 e. The van der Waals surface area contributed by atoms with E-state index in [0.717, 1.165) is 11.1 Å². The van der Waals surface area contributed by atoms with E-state index in [1.54, 1.807) is 24.0 Å². The first-order valence-corrected chi connectivity index (χ1v) is 10.9. The monoisotopic (exact) mass is 428 g/mol. The SMILES string of the molecule is CCC(=O)N(Cc1ccc(F)cc1)[C@H](Cc1ccccc1)C(=O)NCCCOC(C)C. The van der Waals surface area contributed by atoms with Crippen LogP contribution in [0.25, 0.3) is 0 Å². The third-order valence-corrected chi connectivity index (χ3v) is 4.91. The number of hydrogen-bond donors (Lipinski definition) is 1. The number of carbonyl (C=O) groups is 2. The Morgan fingerprint density at radius 1 is 1.03 bits per heavy atom. The Morgan fingerprint density at radius 2 is 1.71 bits per heavy atom. The van der Waals surface area contributed by atoms with Crippen LogP contribution >= 0.6 is 0 Å². The molecule has 168 valence electrons. The van der Waals surface area contributed by atoms with Gasteiger partial charge in [0.15, 0.2) is 0 Å². The summed E-state index contributed by atoms with van der Waals surface area (Å²) in [7, 11) is 0. The number of halogens is 1. The molecule has 0 bridgehead atoms. The number of carbonyl (C=O) groups excluding carboxylic acids is 2. The van der Waals surface area contributed by atoms with Crippen molar-refractivity contribution in [3.63, 3.8) is 0 Å². The van der Waals surface area contributed by atoms with Crippen molar-refractivity contribution in [2.45, 2.75) is 58.7 Å². The highest BCUT2D eigenvalue weighted by Crippen LogP contribution is 2.16. The largest absolute Gasteiger partial charge is 0.379 e. The van der Waals surface area contributed by atoms with Crippen LogP contribution in [0.4, 0.5) is 4.39 Å². The van der Waals surface area contributed by atoms with Crippen LogP contribution in [0.5, 0.6) is 0 Å². The highest BCUT2D eigenvalue weighted by Gasteiger charge is 2.29. The number of nitrogens with zero attached hydrogens (tertiary/aromatic N) is 1. The van der Waals surface area contributed by atoms with E-state index in [1.165, 1.54) is 12.1 Å². The van der Waals surface area contributed by atoms with Gasteiger partial charge in [0.1, 0.15) is 11.9 Å². The fourth-order valence-electron chi connectivity index (χ4n) is 3.26. The molecule has 0 saturated heterocycles. The molecule has 0 aromatic heterocycles. The molecule has 1 atom stereocenters. The van der Waals surface area contributed by atoms with Gasteiger partial charge < -0.3 is 15.0 Å². The summed E-state index contributed by atoms with van der Waals surface area (Å²) in [4.78, 5) is 27.6. The van der Waals surface area contributed by atoms with E-state index in [9.17, 15) is 14.0 Å². The van der Waals surface area contributed by atoms with Crippen LogP contribution in [0, 0.1) is 5.82 Å². The molecule has 2 aromatic rings. The summed E-state index contributed by atoms with van der Waals surface area (Å²) < 4.78 is 18.8. The van der Waals surface area contributed by atoms with Gasteiger partial charge in [-0.2, -0.15) is 0 Å². The van der Waals surface area contributed by atoms with Crippen molar-refractivity contribution >= 4 is 11.8 Å². The second-order valence-corrected chi connectivity index (χ2v) is 7.77. The number of rotatable bonds is 12.